The van der Waals surface area contributed by atoms with Crippen LogP contribution in [0.5, 0.6) is 0 Å². The first-order valence-electron chi connectivity index (χ1n) is 11.0. The Morgan fingerprint density at radius 2 is 1.25 bits per heavy atom. The van der Waals surface area contributed by atoms with Gasteiger partial charge in [0.05, 0.1) is 0 Å². The van der Waals surface area contributed by atoms with Crippen molar-refractivity contribution in [3.63, 3.8) is 0 Å². The van der Waals surface area contributed by atoms with Crippen LogP contribution in [-0.4, -0.2) is 24.5 Å². The molecular weight excluding hydrogens is 400 g/mol. The normalized spacial score (nSPS) is 12.8. The molecule has 0 aromatic heterocycles. The van der Waals surface area contributed by atoms with Gasteiger partial charge in [-0.05, 0) is 43.0 Å². The van der Waals surface area contributed by atoms with Crippen LogP contribution in [-0.2, 0) is 14.3 Å². The maximum absolute atomic E-state index is 13.2. The molecule has 0 saturated heterocycles. The molecule has 32 heavy (non-hydrogen) atoms. The van der Waals surface area contributed by atoms with Crippen molar-refractivity contribution in [1.82, 2.24) is 5.32 Å². The predicted molar refractivity (Wildman–Crippen MR) is 126 cm³/mol. The van der Waals surface area contributed by atoms with E-state index in [9.17, 15) is 9.59 Å². The zero-order chi connectivity index (χ0) is 22.8. The lowest BCUT2D eigenvalue weighted by Crippen LogP contribution is -2.41. The van der Waals surface area contributed by atoms with Gasteiger partial charge in [-0.1, -0.05) is 91.0 Å². The number of nitrogens with two attached hydrogens (primary N) is 1. The summed E-state index contributed by atoms with van der Waals surface area (Å²) in [4.78, 5) is 26.2. The third kappa shape index (κ3) is 6.36. The van der Waals surface area contributed by atoms with Crippen LogP contribution >= 0.6 is 0 Å². The molecule has 3 rings (SSSR count). The number of rotatable bonds is 10. The molecule has 5 nitrogen and oxygen atoms in total. The standard InChI is InChI=1S/C27H30N2O3/c1-20(21-12-5-2-6-13-21)29-24(18-11-19-28)26(30)32-27(31)25(22-14-7-3-8-15-22)23-16-9-4-10-17-23/h2-10,12-17,20,24-25,29H,11,18-19,28H2,1H3/t20?,24-/m0/s1. The van der Waals surface area contributed by atoms with Gasteiger partial charge in [-0.2, -0.15) is 0 Å². The largest absolute Gasteiger partial charge is 0.391 e. The molecule has 0 spiro atoms. The van der Waals surface area contributed by atoms with Crippen molar-refractivity contribution in [2.24, 2.45) is 5.73 Å². The van der Waals surface area contributed by atoms with Gasteiger partial charge in [-0.15, -0.1) is 0 Å². The summed E-state index contributed by atoms with van der Waals surface area (Å²) in [5, 5.41) is 3.31. The van der Waals surface area contributed by atoms with Crippen molar-refractivity contribution in [1.29, 1.82) is 0 Å². The van der Waals surface area contributed by atoms with Gasteiger partial charge in [0.1, 0.15) is 12.0 Å². The van der Waals surface area contributed by atoms with Crippen LogP contribution in [0.25, 0.3) is 0 Å². The summed E-state index contributed by atoms with van der Waals surface area (Å²) < 4.78 is 5.44. The SMILES string of the molecule is CC(N[C@@H](CCCN)C(=O)OC(=O)C(c1ccccc1)c1ccccc1)c1ccccc1. The predicted octanol–water partition coefficient (Wildman–Crippen LogP) is 4.35. The molecule has 0 fully saturated rings. The van der Waals surface area contributed by atoms with Crippen LogP contribution in [0.15, 0.2) is 91.0 Å². The maximum atomic E-state index is 13.2. The lowest BCUT2D eigenvalue weighted by atomic mass is 9.91. The van der Waals surface area contributed by atoms with Gasteiger partial charge in [0.25, 0.3) is 0 Å². The molecule has 2 atom stereocenters. The zero-order valence-electron chi connectivity index (χ0n) is 18.3. The fourth-order valence-corrected chi connectivity index (χ4v) is 3.72. The third-order valence-corrected chi connectivity index (χ3v) is 5.43. The molecule has 0 aliphatic carbocycles. The van der Waals surface area contributed by atoms with E-state index in [4.69, 9.17) is 10.5 Å². The van der Waals surface area contributed by atoms with Crippen LogP contribution in [0.3, 0.4) is 0 Å². The summed E-state index contributed by atoms with van der Waals surface area (Å²) in [6.07, 6.45) is 1.13. The number of nitrogens with one attached hydrogen (secondary N) is 1. The van der Waals surface area contributed by atoms with E-state index in [1.54, 1.807) is 0 Å². The Bertz CT molecular complexity index is 938. The van der Waals surface area contributed by atoms with E-state index in [2.05, 4.69) is 5.32 Å². The van der Waals surface area contributed by atoms with Crippen LogP contribution in [0.4, 0.5) is 0 Å². The number of hydrogen-bond acceptors (Lipinski definition) is 5. The second-order valence-electron chi connectivity index (χ2n) is 7.78. The summed E-state index contributed by atoms with van der Waals surface area (Å²) >= 11 is 0. The lowest BCUT2D eigenvalue weighted by Gasteiger charge is -2.23. The minimum Gasteiger partial charge on any atom is -0.391 e. The highest BCUT2D eigenvalue weighted by atomic mass is 16.6. The molecule has 3 aromatic carbocycles. The number of esters is 2. The van der Waals surface area contributed by atoms with Gasteiger partial charge in [-0.25, -0.2) is 4.79 Å². The molecule has 0 saturated carbocycles. The van der Waals surface area contributed by atoms with E-state index in [0.29, 0.717) is 19.4 Å². The van der Waals surface area contributed by atoms with E-state index in [-0.39, 0.29) is 6.04 Å². The minimum atomic E-state index is -0.678. The van der Waals surface area contributed by atoms with Crippen molar-refractivity contribution < 1.29 is 14.3 Å². The number of benzene rings is 3. The molecule has 0 bridgehead atoms. The molecule has 0 aliphatic rings. The van der Waals surface area contributed by atoms with Crippen LogP contribution in [0, 0.1) is 0 Å². The van der Waals surface area contributed by atoms with Gasteiger partial charge >= 0.3 is 11.9 Å². The molecular formula is C27H30N2O3. The first-order chi connectivity index (χ1) is 15.6. The summed E-state index contributed by atoms with van der Waals surface area (Å²) in [7, 11) is 0. The van der Waals surface area contributed by atoms with E-state index >= 15 is 0 Å². The Labute approximate surface area is 189 Å². The second-order valence-corrected chi connectivity index (χ2v) is 7.78. The molecule has 0 radical (unpaired) electrons. The van der Waals surface area contributed by atoms with Crippen molar-refractivity contribution in [3.8, 4) is 0 Å². The highest BCUT2D eigenvalue weighted by Gasteiger charge is 2.30. The van der Waals surface area contributed by atoms with Gasteiger partial charge in [-0.3, -0.25) is 10.1 Å². The number of ether oxygens (including phenoxy) is 1. The maximum Gasteiger partial charge on any atom is 0.330 e. The molecule has 5 heteroatoms. The van der Waals surface area contributed by atoms with E-state index < -0.39 is 23.9 Å². The molecule has 0 heterocycles. The van der Waals surface area contributed by atoms with E-state index in [1.165, 1.54) is 0 Å². The molecule has 3 aromatic rings. The number of carbonyl (C=O) groups is 2. The zero-order valence-corrected chi connectivity index (χ0v) is 18.3. The van der Waals surface area contributed by atoms with Gasteiger partial charge < -0.3 is 10.5 Å². The van der Waals surface area contributed by atoms with E-state index in [0.717, 1.165) is 16.7 Å². The third-order valence-electron chi connectivity index (χ3n) is 5.43. The minimum absolute atomic E-state index is 0.0827. The van der Waals surface area contributed by atoms with Gasteiger partial charge in [0.2, 0.25) is 0 Å². The average Bonchev–Trinajstić information content (AvgIpc) is 2.83. The van der Waals surface area contributed by atoms with Gasteiger partial charge in [0.15, 0.2) is 0 Å². The average molecular weight is 431 g/mol. The highest BCUT2D eigenvalue weighted by Crippen LogP contribution is 2.26. The molecule has 3 N–H and O–H groups in total. The summed E-state index contributed by atoms with van der Waals surface area (Å²) in [6.45, 7) is 2.44. The molecule has 1 unspecified atom stereocenters. The Hall–Kier alpha value is -3.28. The number of hydrogen-bond donors (Lipinski definition) is 2. The van der Waals surface area contributed by atoms with Crippen LogP contribution in [0.2, 0.25) is 0 Å². The Morgan fingerprint density at radius 3 is 1.72 bits per heavy atom. The van der Waals surface area contributed by atoms with Crippen molar-refractivity contribution in [2.45, 2.75) is 37.8 Å². The summed E-state index contributed by atoms with van der Waals surface area (Å²) in [6, 6.07) is 27.8. The fourth-order valence-electron chi connectivity index (χ4n) is 3.72. The van der Waals surface area contributed by atoms with Crippen LogP contribution in [0.1, 0.15) is 48.4 Å². The first-order valence-corrected chi connectivity index (χ1v) is 11.0. The smallest absolute Gasteiger partial charge is 0.330 e. The number of carbonyl (C=O) groups excluding carboxylic acids is 2. The van der Waals surface area contributed by atoms with Gasteiger partial charge in [0, 0.05) is 6.04 Å². The molecule has 0 amide bonds. The van der Waals surface area contributed by atoms with Crippen molar-refractivity contribution >= 4 is 11.9 Å². The lowest BCUT2D eigenvalue weighted by molar-refractivity contribution is -0.162. The van der Waals surface area contributed by atoms with E-state index in [1.807, 2.05) is 97.9 Å². The quantitative estimate of drug-likeness (QED) is 0.369. The van der Waals surface area contributed by atoms with Crippen molar-refractivity contribution in [2.75, 3.05) is 6.54 Å². The first kappa shape index (κ1) is 23.4. The van der Waals surface area contributed by atoms with Crippen molar-refractivity contribution in [3.05, 3.63) is 108 Å². The fraction of sp³-hybridized carbons (Fsp3) is 0.259. The molecule has 166 valence electrons. The van der Waals surface area contributed by atoms with Crippen LogP contribution < -0.4 is 11.1 Å². The highest BCUT2D eigenvalue weighted by molar-refractivity contribution is 5.93. The monoisotopic (exact) mass is 430 g/mol. The Balaban J connectivity index is 1.77. The summed E-state index contributed by atoms with van der Waals surface area (Å²) in [5.74, 6) is -1.84. The second kappa shape index (κ2) is 11.9. The Kier molecular flexibility index (Phi) is 8.72. The Morgan fingerprint density at radius 1 is 0.781 bits per heavy atom. The topological polar surface area (TPSA) is 81.4 Å². The summed E-state index contributed by atoms with van der Waals surface area (Å²) in [5.41, 5.74) is 8.28. The molecule has 0 aliphatic heterocycles.